The molecule has 0 bridgehead atoms. The van der Waals surface area contributed by atoms with Crippen LogP contribution in [0, 0.1) is 12.3 Å². The standard InChI is InChI=1S/C36H40F3N7O5/c1-4-28-35(20-26(41-28)32(47)48)13-16-45(17-14-35)29-19-30(43-34(40)42-29)51-31(36(37,38)39)25-18-24(10-11-27(25)46-15-12-21(3)44-46)22-6-8-23(9-7-22)33(49)50-5-2/h6-12,15,18-19,26,28,31,41H,4-5,13-14,16-17,20H2,1-3H3,(H,47,48)(H2,40,42,43)/t26?,28?,31-/m1/s1. The lowest BCUT2D eigenvalue weighted by Crippen LogP contribution is -2.46. The largest absolute Gasteiger partial charge is 0.480 e. The number of carbonyl (C=O) groups is 2. The van der Waals surface area contributed by atoms with Crippen molar-refractivity contribution in [2.75, 3.05) is 30.3 Å². The summed E-state index contributed by atoms with van der Waals surface area (Å²) in [5.41, 5.74) is 7.71. The molecular formula is C36H40F3N7O5. The summed E-state index contributed by atoms with van der Waals surface area (Å²) in [4.78, 5) is 34.2. The fraction of sp³-hybridized carbons (Fsp3) is 0.417. The van der Waals surface area contributed by atoms with Gasteiger partial charge >= 0.3 is 18.1 Å². The van der Waals surface area contributed by atoms with E-state index in [-0.39, 0.29) is 41.1 Å². The van der Waals surface area contributed by atoms with Crippen molar-refractivity contribution < 1.29 is 37.3 Å². The van der Waals surface area contributed by atoms with Gasteiger partial charge in [0.2, 0.25) is 17.9 Å². The molecule has 4 aromatic rings. The highest BCUT2D eigenvalue weighted by Crippen LogP contribution is 2.46. The van der Waals surface area contributed by atoms with Crippen LogP contribution in [-0.4, -0.2) is 74.7 Å². The summed E-state index contributed by atoms with van der Waals surface area (Å²) in [6, 6.07) is 13.5. The van der Waals surface area contributed by atoms with Crippen molar-refractivity contribution in [1.82, 2.24) is 25.1 Å². The van der Waals surface area contributed by atoms with Crippen LogP contribution < -0.4 is 20.7 Å². The van der Waals surface area contributed by atoms with Crippen LogP contribution >= 0.6 is 0 Å². The molecule has 270 valence electrons. The van der Waals surface area contributed by atoms with Crippen LogP contribution in [0.1, 0.15) is 67.3 Å². The lowest BCUT2D eigenvalue weighted by molar-refractivity contribution is -0.198. The number of carbonyl (C=O) groups excluding carboxylic acids is 1. The number of hydrogen-bond acceptors (Lipinski definition) is 10. The maximum absolute atomic E-state index is 15.1. The van der Waals surface area contributed by atoms with Gasteiger partial charge in [-0.25, -0.2) is 9.48 Å². The molecule has 4 N–H and O–H groups in total. The molecule has 2 unspecified atom stereocenters. The summed E-state index contributed by atoms with van der Waals surface area (Å²) in [7, 11) is 0. The fourth-order valence-corrected chi connectivity index (χ4v) is 7.27. The Bertz CT molecular complexity index is 1890. The van der Waals surface area contributed by atoms with Crippen molar-refractivity contribution >= 4 is 23.7 Å². The maximum atomic E-state index is 15.1. The van der Waals surface area contributed by atoms with Gasteiger partial charge in [0.15, 0.2) is 0 Å². The molecule has 12 nitrogen and oxygen atoms in total. The van der Waals surface area contributed by atoms with Crippen molar-refractivity contribution in [1.29, 1.82) is 0 Å². The zero-order valence-corrected chi connectivity index (χ0v) is 28.5. The van der Waals surface area contributed by atoms with Crippen molar-refractivity contribution in [3.05, 3.63) is 77.6 Å². The number of ether oxygens (including phenoxy) is 2. The lowest BCUT2D eigenvalue weighted by Gasteiger charge is -2.43. The predicted molar refractivity (Wildman–Crippen MR) is 183 cm³/mol. The number of aromatic nitrogens is 4. The third-order valence-electron chi connectivity index (χ3n) is 9.79. The number of carboxylic acids is 1. The molecule has 6 rings (SSSR count). The second kappa shape index (κ2) is 14.2. The fourth-order valence-electron chi connectivity index (χ4n) is 7.27. The minimum Gasteiger partial charge on any atom is -0.480 e. The quantitative estimate of drug-likeness (QED) is 0.169. The Morgan fingerprint density at radius 3 is 2.37 bits per heavy atom. The Labute approximate surface area is 292 Å². The first-order valence-corrected chi connectivity index (χ1v) is 16.9. The SMILES string of the molecule is CCOC(=O)c1ccc(-c2ccc(-n3ccc(C)n3)c([C@@H](Oc3cc(N4CCC5(CC4)CC(C(=O)O)NC5CC)nc(N)n3)C(F)(F)F)c2)cc1. The minimum atomic E-state index is -4.90. The van der Waals surface area contributed by atoms with Crippen LogP contribution in [0.3, 0.4) is 0 Å². The highest BCUT2D eigenvalue weighted by atomic mass is 19.4. The summed E-state index contributed by atoms with van der Waals surface area (Å²) in [5, 5.41) is 17.2. The van der Waals surface area contributed by atoms with Gasteiger partial charge in [-0.2, -0.15) is 28.2 Å². The average molecular weight is 708 g/mol. The average Bonchev–Trinajstić information content (AvgIpc) is 3.70. The van der Waals surface area contributed by atoms with Crippen molar-refractivity contribution in [3.8, 4) is 22.7 Å². The van der Waals surface area contributed by atoms with Gasteiger partial charge in [-0.15, -0.1) is 0 Å². The number of piperidine rings is 1. The van der Waals surface area contributed by atoms with E-state index in [1.165, 1.54) is 22.9 Å². The first-order valence-electron chi connectivity index (χ1n) is 16.9. The van der Waals surface area contributed by atoms with Gasteiger partial charge in [0.25, 0.3) is 0 Å². The first-order chi connectivity index (χ1) is 24.3. The van der Waals surface area contributed by atoms with Gasteiger partial charge in [0.1, 0.15) is 11.9 Å². The van der Waals surface area contributed by atoms with Gasteiger partial charge < -0.3 is 30.5 Å². The smallest absolute Gasteiger partial charge is 0.429 e. The van der Waals surface area contributed by atoms with E-state index in [0.717, 1.165) is 6.42 Å². The predicted octanol–water partition coefficient (Wildman–Crippen LogP) is 5.89. The Morgan fingerprint density at radius 1 is 1.06 bits per heavy atom. The molecular weight excluding hydrogens is 667 g/mol. The Morgan fingerprint density at radius 2 is 1.76 bits per heavy atom. The van der Waals surface area contributed by atoms with Gasteiger partial charge in [0, 0.05) is 37.0 Å². The van der Waals surface area contributed by atoms with Crippen LogP contribution in [0.2, 0.25) is 0 Å². The van der Waals surface area contributed by atoms with Gasteiger partial charge in [-0.1, -0.05) is 25.1 Å². The molecule has 4 heterocycles. The number of halogens is 3. The van der Waals surface area contributed by atoms with E-state index in [9.17, 15) is 14.7 Å². The first kappa shape index (κ1) is 35.6. The molecule has 2 aliphatic rings. The molecule has 2 saturated heterocycles. The second-order valence-electron chi connectivity index (χ2n) is 13.0. The molecule has 2 fully saturated rings. The topological polar surface area (TPSA) is 158 Å². The second-order valence-corrected chi connectivity index (χ2v) is 13.0. The zero-order valence-electron chi connectivity index (χ0n) is 28.5. The number of carboxylic acid groups (broad SMARTS) is 1. The Kier molecular flexibility index (Phi) is 9.93. The highest BCUT2D eigenvalue weighted by Gasteiger charge is 2.50. The van der Waals surface area contributed by atoms with E-state index in [2.05, 4.69) is 20.4 Å². The van der Waals surface area contributed by atoms with Crippen LogP contribution in [0.4, 0.5) is 24.9 Å². The van der Waals surface area contributed by atoms with Crippen LogP contribution in [-0.2, 0) is 9.53 Å². The summed E-state index contributed by atoms with van der Waals surface area (Å²) in [5.74, 6) is -1.66. The van der Waals surface area contributed by atoms with E-state index < -0.39 is 30.3 Å². The number of alkyl halides is 3. The summed E-state index contributed by atoms with van der Waals surface area (Å²) < 4.78 is 57.4. The lowest BCUT2D eigenvalue weighted by atomic mass is 9.71. The van der Waals surface area contributed by atoms with Crippen LogP contribution in [0.5, 0.6) is 5.88 Å². The van der Waals surface area contributed by atoms with Crippen molar-refractivity contribution in [3.63, 3.8) is 0 Å². The summed E-state index contributed by atoms with van der Waals surface area (Å²) in [6.45, 7) is 6.67. The number of nitrogen functional groups attached to an aromatic ring is 1. The number of aliphatic carboxylic acids is 1. The van der Waals surface area contributed by atoms with E-state index in [1.54, 1.807) is 56.4 Å². The highest BCUT2D eigenvalue weighted by molar-refractivity contribution is 5.90. The molecule has 0 radical (unpaired) electrons. The molecule has 0 amide bonds. The number of nitrogens with zero attached hydrogens (tertiary/aromatic N) is 5. The molecule has 51 heavy (non-hydrogen) atoms. The third kappa shape index (κ3) is 7.48. The zero-order chi connectivity index (χ0) is 36.5. The molecule has 0 aliphatic carbocycles. The van der Waals surface area contributed by atoms with Gasteiger partial charge in [-0.05, 0) is 86.4 Å². The molecule has 2 aromatic carbocycles. The molecule has 15 heteroatoms. The minimum absolute atomic E-state index is 0.0432. The number of anilines is 2. The number of rotatable bonds is 10. The molecule has 1 spiro atoms. The molecule has 0 saturated carbocycles. The van der Waals surface area contributed by atoms with E-state index >= 15 is 13.2 Å². The number of benzene rings is 2. The maximum Gasteiger partial charge on any atom is 0.429 e. The van der Waals surface area contributed by atoms with Crippen molar-refractivity contribution in [2.45, 2.75) is 70.8 Å². The van der Waals surface area contributed by atoms with Crippen LogP contribution in [0.25, 0.3) is 16.8 Å². The monoisotopic (exact) mass is 707 g/mol. The summed E-state index contributed by atoms with van der Waals surface area (Å²) >= 11 is 0. The molecule has 3 atom stereocenters. The van der Waals surface area contributed by atoms with Gasteiger partial charge in [-0.3, -0.25) is 4.79 Å². The summed E-state index contributed by atoms with van der Waals surface area (Å²) in [6.07, 6.45) is -3.17. The Hall–Kier alpha value is -5.18. The Balaban J connectivity index is 1.31. The van der Waals surface area contributed by atoms with Crippen molar-refractivity contribution in [2.24, 2.45) is 5.41 Å². The van der Waals surface area contributed by atoms with Gasteiger partial charge in [0.05, 0.1) is 23.6 Å². The van der Waals surface area contributed by atoms with E-state index in [0.29, 0.717) is 60.6 Å². The number of nitrogens with one attached hydrogen (secondary N) is 1. The van der Waals surface area contributed by atoms with Crippen LogP contribution in [0.15, 0.2) is 60.8 Å². The number of nitrogens with two attached hydrogens (primary N) is 1. The van der Waals surface area contributed by atoms with E-state index in [1.807, 2.05) is 11.8 Å². The number of aryl methyl sites for hydroxylation is 1. The normalized spacial score (nSPS) is 19.2. The number of esters is 1. The molecule has 2 aliphatic heterocycles. The number of hydrogen-bond donors (Lipinski definition) is 3. The van der Waals surface area contributed by atoms with E-state index in [4.69, 9.17) is 15.2 Å². The third-order valence-corrected chi connectivity index (χ3v) is 9.79. The molecule has 2 aromatic heterocycles.